The predicted octanol–water partition coefficient (Wildman–Crippen LogP) is 9.61. The molecule has 47 heavy (non-hydrogen) atoms. The van der Waals surface area contributed by atoms with Gasteiger partial charge in [0.2, 0.25) is 0 Å². The van der Waals surface area contributed by atoms with Crippen molar-refractivity contribution in [3.8, 4) is 0 Å². The Morgan fingerprint density at radius 3 is 1.81 bits per heavy atom. The van der Waals surface area contributed by atoms with Gasteiger partial charge in [0.05, 0.1) is 18.8 Å². The third kappa shape index (κ3) is 28.9. The van der Waals surface area contributed by atoms with Gasteiger partial charge in [0.15, 0.2) is 6.10 Å². The van der Waals surface area contributed by atoms with Crippen molar-refractivity contribution in [3.05, 3.63) is 36.5 Å². The summed E-state index contributed by atoms with van der Waals surface area (Å²) in [7, 11) is -4.77. The van der Waals surface area contributed by atoms with Crippen molar-refractivity contribution in [2.75, 3.05) is 13.2 Å². The molecule has 9 nitrogen and oxygen atoms in total. The summed E-state index contributed by atoms with van der Waals surface area (Å²) in [5.41, 5.74) is 0. The van der Waals surface area contributed by atoms with Crippen molar-refractivity contribution in [3.63, 3.8) is 0 Å². The van der Waals surface area contributed by atoms with Crippen molar-refractivity contribution >= 4 is 19.8 Å². The lowest BCUT2D eigenvalue weighted by Gasteiger charge is -2.18. The molecule has 0 spiro atoms. The van der Waals surface area contributed by atoms with Crippen LogP contribution in [0.3, 0.4) is 0 Å². The van der Waals surface area contributed by atoms with E-state index in [9.17, 15) is 14.2 Å². The summed E-state index contributed by atoms with van der Waals surface area (Å²) in [6, 6.07) is 0. The van der Waals surface area contributed by atoms with Crippen LogP contribution in [0.2, 0.25) is 0 Å². The lowest BCUT2D eigenvalue weighted by molar-refractivity contribution is -0.161. The van der Waals surface area contributed by atoms with Gasteiger partial charge < -0.3 is 24.0 Å². The van der Waals surface area contributed by atoms with Crippen molar-refractivity contribution in [1.82, 2.24) is 0 Å². The van der Waals surface area contributed by atoms with Gasteiger partial charge in [0.25, 0.3) is 0 Å². The normalized spacial score (nSPS) is 17.2. The molecule has 0 aliphatic carbocycles. The van der Waals surface area contributed by atoms with Crippen LogP contribution in [0.4, 0.5) is 0 Å². The fourth-order valence-corrected chi connectivity index (χ4v) is 5.53. The molecule has 0 saturated carbocycles. The number of epoxide rings is 1. The molecule has 0 aromatic carbocycles. The van der Waals surface area contributed by atoms with Gasteiger partial charge in [-0.2, -0.15) is 0 Å². The molecule has 1 aliphatic rings. The molecule has 1 aliphatic heterocycles. The highest BCUT2D eigenvalue weighted by atomic mass is 31.2. The van der Waals surface area contributed by atoms with Crippen LogP contribution in [-0.4, -0.2) is 53.3 Å². The van der Waals surface area contributed by atoms with Crippen LogP contribution >= 0.6 is 7.82 Å². The van der Waals surface area contributed by atoms with Crippen LogP contribution in [0.15, 0.2) is 36.5 Å². The Bertz CT molecular complexity index is 927. The van der Waals surface area contributed by atoms with Gasteiger partial charge in [0, 0.05) is 12.8 Å². The molecule has 3 atom stereocenters. The van der Waals surface area contributed by atoms with E-state index in [2.05, 4.69) is 48.8 Å². The van der Waals surface area contributed by atoms with Gasteiger partial charge >= 0.3 is 19.8 Å². The Hall–Kier alpha value is -1.77. The minimum absolute atomic E-state index is 0.129. The first-order valence-electron chi connectivity index (χ1n) is 18.4. The van der Waals surface area contributed by atoms with Gasteiger partial charge in [-0.1, -0.05) is 127 Å². The van der Waals surface area contributed by atoms with E-state index in [4.69, 9.17) is 24.0 Å². The standard InChI is InChI=1S/C37H65O9P/c1-3-5-7-9-11-13-14-16-18-20-25-29-36(38)43-31-33(32-44-47(40,41)42)45-37(39)30-26-22-21-24-28-35-34(46-35)27-23-19-17-15-12-10-8-6-4-2/h12,15,19,21,23-24,33-35H,3-11,13-14,16-18,20,22,25-32H2,1-2H3,(H2,40,41,42)/b15-12-,23-19-,24-21-/t33-,34?,35?/m1/s1. The molecular weight excluding hydrogens is 619 g/mol. The molecule has 2 unspecified atom stereocenters. The van der Waals surface area contributed by atoms with Crippen LogP contribution in [-0.2, 0) is 32.9 Å². The number of phosphoric acid groups is 1. The van der Waals surface area contributed by atoms with Gasteiger partial charge in [-0.15, -0.1) is 0 Å². The molecule has 1 rings (SSSR count). The lowest BCUT2D eigenvalue weighted by Crippen LogP contribution is -2.29. The third-order valence-electron chi connectivity index (χ3n) is 8.06. The maximum absolute atomic E-state index is 12.4. The largest absolute Gasteiger partial charge is 0.469 e. The quantitative estimate of drug-likeness (QED) is 0.0234. The summed E-state index contributed by atoms with van der Waals surface area (Å²) in [6.07, 6.45) is 34.7. The Morgan fingerprint density at radius 1 is 0.660 bits per heavy atom. The third-order valence-corrected chi connectivity index (χ3v) is 8.55. The average Bonchev–Trinajstić information content (AvgIpc) is 3.79. The Morgan fingerprint density at radius 2 is 1.17 bits per heavy atom. The van der Waals surface area contributed by atoms with Gasteiger partial charge in [0.1, 0.15) is 6.61 Å². The summed E-state index contributed by atoms with van der Waals surface area (Å²) in [4.78, 5) is 42.7. The Labute approximate surface area is 285 Å². The van der Waals surface area contributed by atoms with Gasteiger partial charge in [-0.25, -0.2) is 4.57 Å². The molecule has 0 bridgehead atoms. The average molecular weight is 685 g/mol. The molecule has 272 valence electrons. The summed E-state index contributed by atoms with van der Waals surface area (Å²) in [5, 5.41) is 0. The predicted molar refractivity (Wildman–Crippen MR) is 188 cm³/mol. The van der Waals surface area contributed by atoms with E-state index >= 15 is 0 Å². The number of ether oxygens (including phenoxy) is 3. The van der Waals surface area contributed by atoms with E-state index in [1.807, 2.05) is 6.08 Å². The van der Waals surface area contributed by atoms with E-state index in [0.29, 0.717) is 19.3 Å². The number of phosphoric ester groups is 1. The number of rotatable bonds is 32. The number of unbranched alkanes of at least 4 members (excludes halogenated alkanes) is 14. The minimum Gasteiger partial charge on any atom is -0.462 e. The number of carbonyl (C=O) groups excluding carboxylic acids is 2. The molecule has 1 fully saturated rings. The molecule has 2 N–H and O–H groups in total. The van der Waals surface area contributed by atoms with Gasteiger partial charge in [-0.05, 0) is 51.4 Å². The summed E-state index contributed by atoms with van der Waals surface area (Å²) < 4.78 is 32.0. The first-order valence-corrected chi connectivity index (χ1v) is 19.9. The molecule has 1 heterocycles. The van der Waals surface area contributed by atoms with Crippen molar-refractivity contribution in [2.24, 2.45) is 0 Å². The van der Waals surface area contributed by atoms with Crippen molar-refractivity contribution in [1.29, 1.82) is 0 Å². The van der Waals surface area contributed by atoms with Crippen LogP contribution in [0.1, 0.15) is 155 Å². The highest BCUT2D eigenvalue weighted by Crippen LogP contribution is 2.36. The van der Waals surface area contributed by atoms with Crippen LogP contribution < -0.4 is 0 Å². The number of hydrogen-bond acceptors (Lipinski definition) is 7. The second kappa shape index (κ2) is 29.2. The Kier molecular flexibility index (Phi) is 26.8. The van der Waals surface area contributed by atoms with Crippen LogP contribution in [0, 0.1) is 0 Å². The first kappa shape index (κ1) is 43.3. The maximum atomic E-state index is 12.4. The second-order valence-electron chi connectivity index (χ2n) is 12.6. The smallest absolute Gasteiger partial charge is 0.462 e. The topological polar surface area (TPSA) is 132 Å². The number of hydrogen-bond donors (Lipinski definition) is 2. The molecular formula is C37H65O9P. The summed E-state index contributed by atoms with van der Waals surface area (Å²) in [6.45, 7) is 3.57. The lowest BCUT2D eigenvalue weighted by atomic mass is 10.1. The number of carbonyl (C=O) groups is 2. The van der Waals surface area contributed by atoms with E-state index in [-0.39, 0.29) is 31.7 Å². The molecule has 0 amide bonds. The zero-order chi connectivity index (χ0) is 34.4. The van der Waals surface area contributed by atoms with E-state index in [1.54, 1.807) is 0 Å². The molecule has 0 radical (unpaired) electrons. The molecule has 1 saturated heterocycles. The summed E-state index contributed by atoms with van der Waals surface area (Å²) in [5.74, 6) is -0.959. The number of esters is 2. The van der Waals surface area contributed by atoms with Crippen molar-refractivity contribution in [2.45, 2.75) is 173 Å². The van der Waals surface area contributed by atoms with Crippen LogP contribution in [0.25, 0.3) is 0 Å². The summed E-state index contributed by atoms with van der Waals surface area (Å²) >= 11 is 0. The molecule has 0 aromatic heterocycles. The molecule has 0 aromatic rings. The zero-order valence-electron chi connectivity index (χ0n) is 29.4. The van der Waals surface area contributed by atoms with E-state index in [0.717, 1.165) is 38.5 Å². The monoisotopic (exact) mass is 684 g/mol. The van der Waals surface area contributed by atoms with E-state index in [1.165, 1.54) is 70.6 Å². The first-order chi connectivity index (χ1) is 22.7. The fraction of sp³-hybridized carbons (Fsp3) is 0.784. The van der Waals surface area contributed by atoms with E-state index < -0.39 is 32.5 Å². The van der Waals surface area contributed by atoms with Gasteiger partial charge in [-0.3, -0.25) is 14.1 Å². The second-order valence-corrected chi connectivity index (χ2v) is 13.8. The SMILES string of the molecule is CCCCC/C=C\C/C=C\CC1OC1C/C=C\CCCC(=O)O[C@H](COC(=O)CCCCCCCCCCCCC)COP(=O)(O)O. The fourth-order valence-electron chi connectivity index (χ4n) is 5.17. The number of allylic oxidation sites excluding steroid dienone is 4. The highest BCUT2D eigenvalue weighted by molar-refractivity contribution is 7.46. The van der Waals surface area contributed by atoms with Crippen molar-refractivity contribution < 1.29 is 42.7 Å². The Balaban J connectivity index is 2.16. The maximum Gasteiger partial charge on any atom is 0.469 e. The zero-order valence-corrected chi connectivity index (χ0v) is 30.3. The minimum atomic E-state index is -4.77. The van der Waals surface area contributed by atoms with Crippen LogP contribution in [0.5, 0.6) is 0 Å². The highest BCUT2D eigenvalue weighted by Gasteiger charge is 2.36. The molecule has 10 heteroatoms.